The van der Waals surface area contributed by atoms with E-state index in [9.17, 15) is 0 Å². The van der Waals surface area contributed by atoms with E-state index in [0.717, 1.165) is 23.8 Å². The van der Waals surface area contributed by atoms with Gasteiger partial charge in [-0.05, 0) is 13.8 Å². The normalized spacial score (nSPS) is 13.0. The van der Waals surface area contributed by atoms with Crippen molar-refractivity contribution in [1.82, 2.24) is 10.3 Å². The molecule has 1 N–H and O–H groups in total. The summed E-state index contributed by atoms with van der Waals surface area (Å²) in [5, 5.41) is 4.45. The molecule has 92 valence electrons. The Bertz CT molecular complexity index is 295. The predicted molar refractivity (Wildman–Crippen MR) is 66.0 cm³/mol. The van der Waals surface area contributed by atoms with Crippen molar-refractivity contribution >= 4 is 11.3 Å². The highest BCUT2D eigenvalue weighted by atomic mass is 32.1. The fraction of sp³-hybridized carbons (Fsp3) is 0.727. The van der Waals surface area contributed by atoms with Gasteiger partial charge in [0, 0.05) is 32.2 Å². The molecule has 1 rings (SSSR count). The molecule has 1 aromatic heterocycles. The monoisotopic (exact) mass is 244 g/mol. The first kappa shape index (κ1) is 13.6. The van der Waals surface area contributed by atoms with Gasteiger partial charge in [-0.3, -0.25) is 0 Å². The van der Waals surface area contributed by atoms with Gasteiger partial charge in [-0.2, -0.15) is 0 Å². The van der Waals surface area contributed by atoms with Gasteiger partial charge in [-0.1, -0.05) is 0 Å². The molecule has 0 fully saturated rings. The van der Waals surface area contributed by atoms with Gasteiger partial charge in [0.1, 0.15) is 5.01 Å². The van der Waals surface area contributed by atoms with E-state index in [2.05, 4.69) is 17.2 Å². The maximum Gasteiger partial charge on any atom is 0.107 e. The summed E-state index contributed by atoms with van der Waals surface area (Å²) in [7, 11) is 3.38. The summed E-state index contributed by atoms with van der Waals surface area (Å²) in [6, 6.07) is 0. The van der Waals surface area contributed by atoms with Crippen LogP contribution in [0.5, 0.6) is 0 Å². The molecule has 0 saturated heterocycles. The SMILES string of the molecule is COCC(CNCc1nc(C)c(C)s1)OC. The van der Waals surface area contributed by atoms with Gasteiger partial charge in [0.15, 0.2) is 0 Å². The number of hydrogen-bond donors (Lipinski definition) is 1. The smallest absolute Gasteiger partial charge is 0.107 e. The van der Waals surface area contributed by atoms with E-state index in [4.69, 9.17) is 9.47 Å². The Morgan fingerprint density at radius 1 is 1.38 bits per heavy atom. The van der Waals surface area contributed by atoms with Crippen LogP contribution < -0.4 is 5.32 Å². The zero-order valence-electron chi connectivity index (χ0n) is 10.4. The molecule has 16 heavy (non-hydrogen) atoms. The molecule has 0 bridgehead atoms. The third-order valence-corrected chi connectivity index (χ3v) is 3.48. The first-order chi connectivity index (χ1) is 7.67. The van der Waals surface area contributed by atoms with Crippen LogP contribution in [0, 0.1) is 13.8 Å². The topological polar surface area (TPSA) is 43.4 Å². The van der Waals surface area contributed by atoms with Gasteiger partial charge in [0.2, 0.25) is 0 Å². The summed E-state index contributed by atoms with van der Waals surface area (Å²) in [4.78, 5) is 5.75. The molecule has 4 nitrogen and oxygen atoms in total. The van der Waals surface area contributed by atoms with Crippen molar-refractivity contribution in [1.29, 1.82) is 0 Å². The fourth-order valence-electron chi connectivity index (χ4n) is 1.35. The third kappa shape index (κ3) is 4.17. The number of thiazole rings is 1. The maximum absolute atomic E-state index is 5.25. The highest BCUT2D eigenvalue weighted by Gasteiger charge is 2.07. The number of hydrogen-bond acceptors (Lipinski definition) is 5. The van der Waals surface area contributed by atoms with Crippen molar-refractivity contribution in [2.45, 2.75) is 26.5 Å². The summed E-state index contributed by atoms with van der Waals surface area (Å²) in [6.07, 6.45) is 0.104. The van der Waals surface area contributed by atoms with Gasteiger partial charge >= 0.3 is 0 Å². The molecule has 1 unspecified atom stereocenters. The van der Waals surface area contributed by atoms with Crippen molar-refractivity contribution in [3.63, 3.8) is 0 Å². The van der Waals surface area contributed by atoms with Crippen LogP contribution in [0.3, 0.4) is 0 Å². The van der Waals surface area contributed by atoms with Crippen molar-refractivity contribution in [3.05, 3.63) is 15.6 Å². The van der Waals surface area contributed by atoms with E-state index in [1.165, 1.54) is 4.88 Å². The highest BCUT2D eigenvalue weighted by Crippen LogP contribution is 2.15. The summed E-state index contributed by atoms with van der Waals surface area (Å²) < 4.78 is 10.3. The number of rotatable bonds is 7. The molecule has 1 atom stereocenters. The van der Waals surface area contributed by atoms with Crippen molar-refractivity contribution in [2.24, 2.45) is 0 Å². The zero-order valence-corrected chi connectivity index (χ0v) is 11.2. The van der Waals surface area contributed by atoms with E-state index in [0.29, 0.717) is 6.61 Å². The number of aromatic nitrogens is 1. The van der Waals surface area contributed by atoms with Crippen LogP contribution in [0.1, 0.15) is 15.6 Å². The number of methoxy groups -OCH3 is 2. The van der Waals surface area contributed by atoms with Crippen LogP contribution in [-0.4, -0.2) is 38.5 Å². The van der Waals surface area contributed by atoms with E-state index in [1.54, 1.807) is 25.6 Å². The first-order valence-electron chi connectivity index (χ1n) is 5.32. The van der Waals surface area contributed by atoms with Crippen LogP contribution in [0.25, 0.3) is 0 Å². The second kappa shape index (κ2) is 6.96. The van der Waals surface area contributed by atoms with Gasteiger partial charge in [-0.15, -0.1) is 11.3 Å². The number of nitrogens with one attached hydrogen (secondary N) is 1. The molecular weight excluding hydrogens is 224 g/mol. The quantitative estimate of drug-likeness (QED) is 0.789. The Kier molecular flexibility index (Phi) is 5.90. The Morgan fingerprint density at radius 3 is 2.62 bits per heavy atom. The van der Waals surface area contributed by atoms with Crippen molar-refractivity contribution < 1.29 is 9.47 Å². The number of ether oxygens (including phenoxy) is 2. The molecule has 0 radical (unpaired) electrons. The maximum atomic E-state index is 5.25. The number of aryl methyl sites for hydroxylation is 2. The van der Waals surface area contributed by atoms with Crippen LogP contribution in [-0.2, 0) is 16.0 Å². The van der Waals surface area contributed by atoms with Crippen LogP contribution in [0.4, 0.5) is 0 Å². The lowest BCUT2D eigenvalue weighted by Crippen LogP contribution is -2.31. The Hall–Kier alpha value is -0.490. The molecule has 1 heterocycles. The highest BCUT2D eigenvalue weighted by molar-refractivity contribution is 7.11. The average molecular weight is 244 g/mol. The summed E-state index contributed by atoms with van der Waals surface area (Å²) in [5.41, 5.74) is 1.13. The molecule has 0 aliphatic carbocycles. The second-order valence-corrected chi connectivity index (χ2v) is 4.98. The fourth-order valence-corrected chi connectivity index (χ4v) is 2.25. The lowest BCUT2D eigenvalue weighted by atomic mass is 10.3. The van der Waals surface area contributed by atoms with Crippen molar-refractivity contribution in [3.8, 4) is 0 Å². The lowest BCUT2D eigenvalue weighted by molar-refractivity contribution is 0.0288. The molecule has 5 heteroatoms. The van der Waals surface area contributed by atoms with E-state index in [1.807, 2.05) is 6.92 Å². The van der Waals surface area contributed by atoms with Crippen molar-refractivity contribution in [2.75, 3.05) is 27.4 Å². The molecule has 0 spiro atoms. The summed E-state index contributed by atoms with van der Waals surface area (Å²) >= 11 is 1.74. The minimum atomic E-state index is 0.104. The van der Waals surface area contributed by atoms with E-state index >= 15 is 0 Å². The minimum Gasteiger partial charge on any atom is -0.382 e. The molecule has 0 amide bonds. The molecule has 1 aromatic rings. The minimum absolute atomic E-state index is 0.104. The average Bonchev–Trinajstić information content (AvgIpc) is 2.57. The van der Waals surface area contributed by atoms with Gasteiger partial charge in [0.05, 0.1) is 18.4 Å². The predicted octanol–water partition coefficient (Wildman–Crippen LogP) is 1.51. The lowest BCUT2D eigenvalue weighted by Gasteiger charge is -2.14. The Labute approximate surface area is 101 Å². The van der Waals surface area contributed by atoms with Crippen LogP contribution in [0.2, 0.25) is 0 Å². The number of nitrogens with zero attached hydrogens (tertiary/aromatic N) is 1. The standard InChI is InChI=1S/C11H20N2O2S/c1-8-9(2)16-11(13-8)6-12-5-10(15-4)7-14-3/h10,12H,5-7H2,1-4H3. The zero-order chi connectivity index (χ0) is 12.0. The second-order valence-electron chi connectivity index (χ2n) is 3.69. The molecule has 0 saturated carbocycles. The molecular formula is C11H20N2O2S. The largest absolute Gasteiger partial charge is 0.382 e. The van der Waals surface area contributed by atoms with Gasteiger partial charge < -0.3 is 14.8 Å². The van der Waals surface area contributed by atoms with Crippen LogP contribution in [0.15, 0.2) is 0 Å². The molecule has 0 aliphatic heterocycles. The van der Waals surface area contributed by atoms with Crippen LogP contribution >= 0.6 is 11.3 Å². The molecule has 0 aliphatic rings. The Morgan fingerprint density at radius 2 is 2.12 bits per heavy atom. The Balaban J connectivity index is 2.29. The summed E-state index contributed by atoms with van der Waals surface area (Å²) in [5.74, 6) is 0. The van der Waals surface area contributed by atoms with E-state index in [-0.39, 0.29) is 6.10 Å². The van der Waals surface area contributed by atoms with Gasteiger partial charge in [0.25, 0.3) is 0 Å². The van der Waals surface area contributed by atoms with E-state index < -0.39 is 0 Å². The third-order valence-electron chi connectivity index (χ3n) is 2.41. The van der Waals surface area contributed by atoms with Gasteiger partial charge in [-0.25, -0.2) is 4.98 Å². The first-order valence-corrected chi connectivity index (χ1v) is 6.14. The summed E-state index contributed by atoms with van der Waals surface area (Å²) in [6.45, 7) is 6.32. The molecule has 0 aromatic carbocycles.